The summed E-state index contributed by atoms with van der Waals surface area (Å²) in [6.45, 7) is 10.4. The molecule has 13 heteroatoms. The van der Waals surface area contributed by atoms with E-state index in [1.54, 1.807) is 30.3 Å². The number of piperidine rings is 1. The summed E-state index contributed by atoms with van der Waals surface area (Å²) >= 11 is 0. The van der Waals surface area contributed by atoms with Crippen molar-refractivity contribution in [1.29, 1.82) is 0 Å². The number of anilines is 2. The summed E-state index contributed by atoms with van der Waals surface area (Å²) in [5.41, 5.74) is 5.52. The molecule has 5 heterocycles. The first kappa shape index (κ1) is 40.8. The predicted octanol–water partition coefficient (Wildman–Crippen LogP) is 4.45. The number of amides is 4. The van der Waals surface area contributed by atoms with Gasteiger partial charge in [0.25, 0.3) is 11.8 Å². The number of carbonyl (C=O) groups is 5. The van der Waals surface area contributed by atoms with Crippen LogP contribution in [0.5, 0.6) is 0 Å². The van der Waals surface area contributed by atoms with Crippen LogP contribution in [-0.4, -0.2) is 134 Å². The molecule has 4 saturated heterocycles. The number of rotatable bonds is 14. The molecule has 3 atom stereocenters. The van der Waals surface area contributed by atoms with Crippen LogP contribution >= 0.6 is 0 Å². The first-order valence-electron chi connectivity index (χ1n) is 21.3. The Bertz CT molecular complexity index is 2070. The number of nitrogens with one attached hydrogen (secondary N) is 1. The van der Waals surface area contributed by atoms with Gasteiger partial charge in [0.05, 0.1) is 22.7 Å². The molecule has 4 amide bonds. The second-order valence-electron chi connectivity index (χ2n) is 17.3. The van der Waals surface area contributed by atoms with E-state index < -0.39 is 29.7 Å². The largest absolute Gasteiger partial charge is 0.369 e. The summed E-state index contributed by atoms with van der Waals surface area (Å²) in [5, 5.41) is 2.23. The first-order chi connectivity index (χ1) is 28.5. The second kappa shape index (κ2) is 17.3. The highest BCUT2D eigenvalue weighted by Crippen LogP contribution is 2.38. The number of halogens is 1. The van der Waals surface area contributed by atoms with Crippen molar-refractivity contribution in [3.63, 3.8) is 0 Å². The van der Waals surface area contributed by atoms with Gasteiger partial charge in [-0.15, -0.1) is 0 Å². The van der Waals surface area contributed by atoms with E-state index in [0.29, 0.717) is 43.7 Å². The zero-order valence-electron chi connectivity index (χ0n) is 34.5. The van der Waals surface area contributed by atoms with E-state index in [1.165, 1.54) is 11.3 Å². The lowest BCUT2D eigenvalue weighted by atomic mass is 9.90. The smallest absolute Gasteiger partial charge is 0.264 e. The number of aryl methyl sites for hydroxylation is 1. The number of hydrogen-bond acceptors (Lipinski definition) is 10. The Morgan fingerprint density at radius 3 is 2.27 bits per heavy atom. The van der Waals surface area contributed by atoms with Crippen molar-refractivity contribution in [3.8, 4) is 0 Å². The minimum absolute atomic E-state index is 0.0707. The highest BCUT2D eigenvalue weighted by Gasteiger charge is 2.47. The maximum Gasteiger partial charge on any atom is 0.264 e. The number of ketones is 1. The SMILES string of the molecule is Cc1cccc(F)c1CN1C[C@H](c2ccc(N3CCN(CCCCCC(=O)C4CN(c5cccc6c5C(=O)N(C5CCC(=O)NC5=O)C6=O)C4)CC3)cc2)[C@@H](N(C)C)C1. The van der Waals surface area contributed by atoms with Gasteiger partial charge >= 0.3 is 0 Å². The van der Waals surface area contributed by atoms with Gasteiger partial charge in [-0.05, 0) is 88.3 Å². The van der Waals surface area contributed by atoms with Gasteiger partial charge in [0.2, 0.25) is 11.8 Å². The molecule has 0 aromatic heterocycles. The Labute approximate surface area is 346 Å². The lowest BCUT2D eigenvalue weighted by Gasteiger charge is -2.41. The van der Waals surface area contributed by atoms with Crippen molar-refractivity contribution in [1.82, 2.24) is 24.9 Å². The third kappa shape index (κ3) is 8.42. The van der Waals surface area contributed by atoms with E-state index in [-0.39, 0.29) is 41.5 Å². The molecule has 3 aromatic rings. The van der Waals surface area contributed by atoms with Crippen LogP contribution in [0.25, 0.3) is 0 Å². The number of fused-ring (bicyclic) bond motifs is 1. The number of carbonyl (C=O) groups excluding carboxylic acids is 5. The lowest BCUT2D eigenvalue weighted by molar-refractivity contribution is -0.136. The van der Waals surface area contributed by atoms with E-state index in [0.717, 1.165) is 81.1 Å². The summed E-state index contributed by atoms with van der Waals surface area (Å²) < 4.78 is 14.6. The molecule has 1 N–H and O–H groups in total. The molecule has 0 aliphatic carbocycles. The predicted molar refractivity (Wildman–Crippen MR) is 224 cm³/mol. The van der Waals surface area contributed by atoms with Gasteiger partial charge in [0.1, 0.15) is 17.6 Å². The lowest BCUT2D eigenvalue weighted by Crippen LogP contribution is -2.54. The van der Waals surface area contributed by atoms with E-state index in [9.17, 15) is 28.4 Å². The van der Waals surface area contributed by atoms with Gasteiger partial charge in [0, 0.05) is 95.0 Å². The van der Waals surface area contributed by atoms with Crippen LogP contribution in [0.2, 0.25) is 0 Å². The number of imide groups is 2. The highest BCUT2D eigenvalue weighted by molar-refractivity contribution is 6.25. The highest BCUT2D eigenvalue weighted by atomic mass is 19.1. The van der Waals surface area contributed by atoms with Crippen LogP contribution in [0.1, 0.15) is 81.8 Å². The van der Waals surface area contributed by atoms with Crippen molar-refractivity contribution in [2.45, 2.75) is 70.0 Å². The molecule has 5 aliphatic rings. The molecule has 59 heavy (non-hydrogen) atoms. The Morgan fingerprint density at radius 2 is 1.56 bits per heavy atom. The molecule has 12 nitrogen and oxygen atoms in total. The number of Topliss-reactive ketones (excluding diaryl/α,β-unsaturated/α-hetero) is 1. The van der Waals surface area contributed by atoms with Crippen molar-refractivity contribution in [2.24, 2.45) is 5.92 Å². The number of piperazine rings is 1. The molecule has 8 rings (SSSR count). The van der Waals surface area contributed by atoms with E-state index in [4.69, 9.17) is 0 Å². The standard InChI is InChI=1S/C46H56FN7O5/c1-30-9-7-11-37(47)35(30)27-51-28-36(40(29-51)49(2)3)31-14-16-33(17-15-31)52-23-21-50(22-24-52)20-6-4-5-13-41(55)32-25-53(26-32)38-12-8-10-34-43(38)46(59)54(45(34)58)39-18-19-42(56)48-44(39)57/h7-12,14-17,32,36,39-40H,4-6,13,18-29H2,1-3H3,(H,48,56,57)/t36-,39?,40+/m1/s1. The number of likely N-dealkylation sites (N-methyl/N-ethyl adjacent to an activating group) is 1. The van der Waals surface area contributed by atoms with Gasteiger partial charge < -0.3 is 14.7 Å². The van der Waals surface area contributed by atoms with Crippen LogP contribution in [0, 0.1) is 18.7 Å². The Kier molecular flexibility index (Phi) is 12.0. The first-order valence-corrected chi connectivity index (χ1v) is 21.3. The van der Waals surface area contributed by atoms with Crippen molar-refractivity contribution in [3.05, 3.63) is 94.3 Å². The summed E-state index contributed by atoms with van der Waals surface area (Å²) in [6.07, 6.45) is 3.62. The molecular formula is C46H56FN7O5. The number of nitrogens with zero attached hydrogens (tertiary/aromatic N) is 6. The minimum atomic E-state index is -1.01. The maximum absolute atomic E-state index is 14.6. The van der Waals surface area contributed by atoms with Crippen molar-refractivity contribution in [2.75, 3.05) is 82.8 Å². The summed E-state index contributed by atoms with van der Waals surface area (Å²) in [5.74, 6) is -1.72. The normalized spacial score (nSPS) is 23.0. The van der Waals surface area contributed by atoms with E-state index in [1.807, 2.05) is 17.9 Å². The Balaban J connectivity index is 0.742. The average molecular weight is 806 g/mol. The Morgan fingerprint density at radius 1 is 0.814 bits per heavy atom. The van der Waals surface area contributed by atoms with Gasteiger partial charge in [-0.2, -0.15) is 0 Å². The summed E-state index contributed by atoms with van der Waals surface area (Å²) in [7, 11) is 4.28. The third-order valence-corrected chi connectivity index (χ3v) is 13.3. The van der Waals surface area contributed by atoms with Crippen molar-refractivity contribution >= 4 is 40.8 Å². The third-order valence-electron chi connectivity index (χ3n) is 13.3. The molecular weight excluding hydrogens is 750 g/mol. The fourth-order valence-corrected chi connectivity index (χ4v) is 9.75. The number of hydrogen-bond donors (Lipinski definition) is 1. The van der Waals surface area contributed by atoms with Gasteiger partial charge in [0.15, 0.2) is 0 Å². The van der Waals surface area contributed by atoms with E-state index in [2.05, 4.69) is 63.3 Å². The fraction of sp³-hybridized carbons (Fsp3) is 0.500. The zero-order chi connectivity index (χ0) is 41.4. The number of likely N-dealkylation sites (tertiary alicyclic amines) is 1. The molecule has 0 saturated carbocycles. The average Bonchev–Trinajstić information content (AvgIpc) is 3.74. The van der Waals surface area contributed by atoms with Gasteiger partial charge in [-0.1, -0.05) is 36.8 Å². The topological polar surface area (TPSA) is 117 Å². The molecule has 0 bridgehead atoms. The molecule has 312 valence electrons. The fourth-order valence-electron chi connectivity index (χ4n) is 9.75. The van der Waals surface area contributed by atoms with Crippen LogP contribution < -0.4 is 15.1 Å². The quantitative estimate of drug-likeness (QED) is 0.185. The Hall–Kier alpha value is -4.98. The second-order valence-corrected chi connectivity index (χ2v) is 17.3. The van der Waals surface area contributed by atoms with Gasteiger partial charge in [-0.25, -0.2) is 4.39 Å². The number of unbranched alkanes of at least 4 members (excludes halogenated alkanes) is 2. The molecule has 5 aliphatic heterocycles. The molecule has 1 unspecified atom stereocenters. The summed E-state index contributed by atoms with van der Waals surface area (Å²) in [6, 6.07) is 18.9. The van der Waals surface area contributed by atoms with E-state index >= 15 is 0 Å². The number of benzene rings is 3. The monoisotopic (exact) mass is 805 g/mol. The minimum Gasteiger partial charge on any atom is -0.369 e. The molecule has 3 aromatic carbocycles. The van der Waals surface area contributed by atoms with Crippen LogP contribution in [0.3, 0.4) is 0 Å². The molecule has 4 fully saturated rings. The summed E-state index contributed by atoms with van der Waals surface area (Å²) in [4.78, 5) is 76.6. The molecule has 0 radical (unpaired) electrons. The van der Waals surface area contributed by atoms with Gasteiger partial charge in [-0.3, -0.25) is 44.0 Å². The van der Waals surface area contributed by atoms with Crippen LogP contribution in [0.15, 0.2) is 60.7 Å². The zero-order valence-corrected chi connectivity index (χ0v) is 34.5. The van der Waals surface area contributed by atoms with Crippen LogP contribution in [-0.2, 0) is 20.9 Å². The maximum atomic E-state index is 14.6. The van der Waals surface area contributed by atoms with Crippen LogP contribution in [0.4, 0.5) is 15.8 Å². The molecule has 0 spiro atoms. The van der Waals surface area contributed by atoms with Crippen molar-refractivity contribution < 1.29 is 28.4 Å².